The lowest BCUT2D eigenvalue weighted by Gasteiger charge is -2.26. The smallest absolute Gasteiger partial charge is 0.188 e. The molecule has 0 aromatic heterocycles. The van der Waals surface area contributed by atoms with Crippen molar-refractivity contribution in [3.8, 4) is 5.75 Å². The number of ether oxygens (including phenoxy) is 2. The van der Waals surface area contributed by atoms with E-state index in [2.05, 4.69) is 4.72 Å². The summed E-state index contributed by atoms with van der Waals surface area (Å²) in [5.74, 6) is 0.0404. The van der Waals surface area contributed by atoms with Gasteiger partial charge in [-0.25, -0.2) is 13.3 Å². The molecule has 26 heavy (non-hydrogen) atoms. The van der Waals surface area contributed by atoms with Gasteiger partial charge in [0.05, 0.1) is 21.8 Å². The molecule has 0 aliphatic carbocycles. The summed E-state index contributed by atoms with van der Waals surface area (Å²) in [6.07, 6.45) is 0. The van der Waals surface area contributed by atoms with Crippen LogP contribution in [-0.4, -0.2) is 22.9 Å². The number of nitrogens with one attached hydrogen (secondary N) is 1. The molecule has 2 aromatic carbocycles. The van der Waals surface area contributed by atoms with Crippen molar-refractivity contribution in [3.63, 3.8) is 0 Å². The zero-order valence-electron chi connectivity index (χ0n) is 15.2. The summed E-state index contributed by atoms with van der Waals surface area (Å²) in [4.78, 5) is 0. The minimum absolute atomic E-state index is 0.0222. The summed E-state index contributed by atoms with van der Waals surface area (Å²) in [7, 11) is 0.120. The van der Waals surface area contributed by atoms with Crippen molar-refractivity contribution in [2.24, 2.45) is 0 Å². The van der Waals surface area contributed by atoms with Gasteiger partial charge in [0.1, 0.15) is 11.6 Å². The van der Waals surface area contributed by atoms with Crippen molar-refractivity contribution in [3.05, 3.63) is 64.4 Å². The molecule has 0 aliphatic rings. The molecular formula is C19H23ClFNO3S. The van der Waals surface area contributed by atoms with Crippen molar-refractivity contribution in [1.29, 1.82) is 0 Å². The van der Waals surface area contributed by atoms with E-state index in [0.29, 0.717) is 16.3 Å². The van der Waals surface area contributed by atoms with E-state index in [-0.39, 0.29) is 6.79 Å². The fourth-order valence-electron chi connectivity index (χ4n) is 2.25. The quantitative estimate of drug-likeness (QED) is 0.692. The lowest BCUT2D eigenvalue weighted by molar-refractivity contribution is 0.0502. The second kappa shape index (κ2) is 8.95. The number of halogens is 2. The first-order valence-electron chi connectivity index (χ1n) is 8.07. The summed E-state index contributed by atoms with van der Waals surface area (Å²) in [6, 6.07) is 10.8. The first kappa shape index (κ1) is 20.8. The SMILES string of the molecule is COCOc1ccc(F)cc1[C@@H](N[S@@](=O)C(C)(C)C)c1ccc(Cl)cc1. The minimum Gasteiger partial charge on any atom is -0.467 e. The topological polar surface area (TPSA) is 47.6 Å². The Morgan fingerprint density at radius 2 is 1.85 bits per heavy atom. The zero-order chi connectivity index (χ0) is 19.3. The Morgan fingerprint density at radius 1 is 1.19 bits per heavy atom. The Hall–Kier alpha value is -1.47. The van der Waals surface area contributed by atoms with Crippen LogP contribution in [0.4, 0.5) is 4.39 Å². The van der Waals surface area contributed by atoms with Crippen LogP contribution in [0.3, 0.4) is 0 Å². The fraction of sp³-hybridized carbons (Fsp3) is 0.368. The average molecular weight is 400 g/mol. The molecule has 0 heterocycles. The highest BCUT2D eigenvalue weighted by atomic mass is 35.5. The van der Waals surface area contributed by atoms with Gasteiger partial charge in [0.15, 0.2) is 6.79 Å². The third kappa shape index (κ3) is 5.51. The Kier molecular flexibility index (Phi) is 7.17. The molecule has 4 nitrogen and oxygen atoms in total. The van der Waals surface area contributed by atoms with Crippen LogP contribution in [0.2, 0.25) is 5.02 Å². The Labute approximate surface area is 161 Å². The first-order chi connectivity index (χ1) is 12.2. The van der Waals surface area contributed by atoms with Crippen molar-refractivity contribution < 1.29 is 18.1 Å². The molecule has 142 valence electrons. The van der Waals surface area contributed by atoms with E-state index in [4.69, 9.17) is 21.1 Å². The number of hydrogen-bond donors (Lipinski definition) is 1. The zero-order valence-corrected chi connectivity index (χ0v) is 16.8. The lowest BCUT2D eigenvalue weighted by atomic mass is 9.98. The van der Waals surface area contributed by atoms with Gasteiger partial charge in [-0.2, -0.15) is 0 Å². The van der Waals surface area contributed by atoms with Gasteiger partial charge in [0.2, 0.25) is 0 Å². The van der Waals surface area contributed by atoms with Crippen LogP contribution in [0.25, 0.3) is 0 Å². The van der Waals surface area contributed by atoms with Gasteiger partial charge in [-0.1, -0.05) is 23.7 Å². The summed E-state index contributed by atoms with van der Waals surface area (Å²) < 4.78 is 39.8. The van der Waals surface area contributed by atoms with Crippen LogP contribution >= 0.6 is 11.6 Å². The molecule has 2 aromatic rings. The second-order valence-electron chi connectivity index (χ2n) is 6.72. The second-order valence-corrected chi connectivity index (χ2v) is 9.15. The fourth-order valence-corrected chi connectivity index (χ4v) is 3.21. The molecule has 2 rings (SSSR count). The van der Waals surface area contributed by atoms with Crippen molar-refractivity contribution in [2.75, 3.05) is 13.9 Å². The molecular weight excluding hydrogens is 377 g/mol. The maximum Gasteiger partial charge on any atom is 0.188 e. The van der Waals surface area contributed by atoms with Crippen LogP contribution in [0.1, 0.15) is 37.9 Å². The van der Waals surface area contributed by atoms with Gasteiger partial charge in [-0.3, -0.25) is 0 Å². The van der Waals surface area contributed by atoms with E-state index in [1.165, 1.54) is 25.3 Å². The van der Waals surface area contributed by atoms with E-state index in [9.17, 15) is 8.60 Å². The predicted octanol–water partition coefficient (Wildman–Crippen LogP) is 4.60. The molecule has 0 fully saturated rings. The van der Waals surface area contributed by atoms with Crippen molar-refractivity contribution in [1.82, 2.24) is 4.72 Å². The standard InChI is InChI=1S/C19H23ClFNO3S/c1-19(2,3)26(23)22-18(13-5-7-14(20)8-6-13)16-11-15(21)9-10-17(16)25-12-24-4/h5-11,18,22H,12H2,1-4H3/t18-,26-/m0/s1. The molecule has 1 N–H and O–H groups in total. The molecule has 0 unspecified atom stereocenters. The van der Waals surface area contributed by atoms with E-state index in [1.54, 1.807) is 12.1 Å². The number of rotatable bonds is 7. The van der Waals surface area contributed by atoms with Gasteiger partial charge in [0.25, 0.3) is 0 Å². The molecule has 0 radical (unpaired) electrons. The molecule has 0 saturated heterocycles. The number of hydrogen-bond acceptors (Lipinski definition) is 3. The molecule has 0 spiro atoms. The van der Waals surface area contributed by atoms with E-state index in [0.717, 1.165) is 5.56 Å². The molecule has 0 aliphatic heterocycles. The summed E-state index contributed by atoms with van der Waals surface area (Å²) in [6.45, 7) is 5.61. The van der Waals surface area contributed by atoms with Crippen LogP contribution in [0.5, 0.6) is 5.75 Å². The third-order valence-electron chi connectivity index (χ3n) is 3.60. The van der Waals surface area contributed by atoms with Gasteiger partial charge in [-0.05, 0) is 56.7 Å². The summed E-state index contributed by atoms with van der Waals surface area (Å²) in [5, 5.41) is 0.583. The highest BCUT2D eigenvalue weighted by Crippen LogP contribution is 2.33. The maximum absolute atomic E-state index is 14.0. The molecule has 0 bridgehead atoms. The van der Waals surface area contributed by atoms with Gasteiger partial charge in [-0.15, -0.1) is 0 Å². The summed E-state index contributed by atoms with van der Waals surface area (Å²) in [5.41, 5.74) is 1.32. The van der Waals surface area contributed by atoms with Crippen LogP contribution < -0.4 is 9.46 Å². The molecule has 0 amide bonds. The Morgan fingerprint density at radius 3 is 2.42 bits per heavy atom. The third-order valence-corrected chi connectivity index (χ3v) is 5.41. The lowest BCUT2D eigenvalue weighted by Crippen LogP contribution is -2.36. The van der Waals surface area contributed by atoms with Gasteiger partial charge in [0, 0.05) is 17.7 Å². The minimum atomic E-state index is -1.39. The number of methoxy groups -OCH3 is 1. The normalized spacial score (nSPS) is 14.1. The monoisotopic (exact) mass is 399 g/mol. The highest BCUT2D eigenvalue weighted by molar-refractivity contribution is 7.84. The predicted molar refractivity (Wildman–Crippen MR) is 103 cm³/mol. The van der Waals surface area contributed by atoms with Crippen LogP contribution in [0.15, 0.2) is 42.5 Å². The van der Waals surface area contributed by atoms with E-state index < -0.39 is 27.6 Å². The van der Waals surface area contributed by atoms with Crippen molar-refractivity contribution >= 4 is 22.6 Å². The molecule has 0 saturated carbocycles. The summed E-state index contributed by atoms with van der Waals surface area (Å²) >= 11 is 5.98. The largest absolute Gasteiger partial charge is 0.467 e. The van der Waals surface area contributed by atoms with Crippen LogP contribution in [0, 0.1) is 5.82 Å². The molecule has 7 heteroatoms. The van der Waals surface area contributed by atoms with Gasteiger partial charge < -0.3 is 9.47 Å². The van der Waals surface area contributed by atoms with Crippen molar-refractivity contribution in [2.45, 2.75) is 31.6 Å². The highest BCUT2D eigenvalue weighted by Gasteiger charge is 2.27. The number of benzene rings is 2. The van der Waals surface area contributed by atoms with Gasteiger partial charge >= 0.3 is 0 Å². The Bertz CT molecular complexity index is 762. The molecule has 2 atom stereocenters. The first-order valence-corrected chi connectivity index (χ1v) is 9.60. The van der Waals surface area contributed by atoms with E-state index >= 15 is 0 Å². The Balaban J connectivity index is 2.51. The van der Waals surface area contributed by atoms with E-state index in [1.807, 2.05) is 32.9 Å². The average Bonchev–Trinajstić information content (AvgIpc) is 2.58. The maximum atomic E-state index is 14.0. The van der Waals surface area contributed by atoms with Crippen LogP contribution in [-0.2, 0) is 15.7 Å².